The first-order chi connectivity index (χ1) is 13.5. The molecular weight excluding hydrogens is 362 g/mol. The van der Waals surface area contributed by atoms with Gasteiger partial charge in [-0.1, -0.05) is 12.1 Å². The SMILES string of the molecule is CNC(=O)c1cc(C(=O)NC2C[C@H]2CO)cn(Cc2cccc(OC)c2)c1=O. The van der Waals surface area contributed by atoms with Crippen molar-refractivity contribution in [2.45, 2.75) is 19.0 Å². The van der Waals surface area contributed by atoms with Crippen molar-refractivity contribution in [2.75, 3.05) is 20.8 Å². The smallest absolute Gasteiger partial charge is 0.263 e. The van der Waals surface area contributed by atoms with Crippen molar-refractivity contribution in [2.24, 2.45) is 5.92 Å². The van der Waals surface area contributed by atoms with Crippen molar-refractivity contribution in [3.8, 4) is 5.75 Å². The summed E-state index contributed by atoms with van der Waals surface area (Å²) in [5.74, 6) is -0.232. The molecule has 1 aromatic heterocycles. The summed E-state index contributed by atoms with van der Waals surface area (Å²) in [7, 11) is 2.98. The first kappa shape index (κ1) is 19.6. The molecule has 3 rings (SSSR count). The van der Waals surface area contributed by atoms with Crippen LogP contribution in [-0.4, -0.2) is 48.3 Å². The molecule has 1 aromatic carbocycles. The Hall–Kier alpha value is -3.13. The van der Waals surface area contributed by atoms with Crippen LogP contribution in [-0.2, 0) is 6.54 Å². The number of pyridine rings is 1. The van der Waals surface area contributed by atoms with E-state index >= 15 is 0 Å². The number of aliphatic hydroxyl groups excluding tert-OH is 1. The van der Waals surface area contributed by atoms with Crippen LogP contribution in [0.15, 0.2) is 41.3 Å². The monoisotopic (exact) mass is 385 g/mol. The van der Waals surface area contributed by atoms with Gasteiger partial charge in [0.1, 0.15) is 11.3 Å². The zero-order valence-electron chi connectivity index (χ0n) is 15.8. The van der Waals surface area contributed by atoms with E-state index in [0.717, 1.165) is 5.56 Å². The third-order valence-electron chi connectivity index (χ3n) is 4.78. The Kier molecular flexibility index (Phi) is 5.79. The summed E-state index contributed by atoms with van der Waals surface area (Å²) in [4.78, 5) is 37.5. The number of nitrogens with zero attached hydrogens (tertiary/aromatic N) is 1. The van der Waals surface area contributed by atoms with Crippen LogP contribution in [0.2, 0.25) is 0 Å². The lowest BCUT2D eigenvalue weighted by Gasteiger charge is -2.12. The molecule has 3 N–H and O–H groups in total. The van der Waals surface area contributed by atoms with Gasteiger partial charge in [-0.05, 0) is 30.2 Å². The van der Waals surface area contributed by atoms with Crippen LogP contribution in [0, 0.1) is 5.92 Å². The van der Waals surface area contributed by atoms with Crippen molar-refractivity contribution in [3.63, 3.8) is 0 Å². The molecular formula is C20H23N3O5. The number of benzene rings is 1. The molecule has 1 fully saturated rings. The molecule has 1 saturated carbocycles. The number of nitrogens with one attached hydrogen (secondary N) is 2. The van der Waals surface area contributed by atoms with Gasteiger partial charge in [-0.15, -0.1) is 0 Å². The molecule has 1 aliphatic rings. The Morgan fingerprint density at radius 2 is 2.07 bits per heavy atom. The molecule has 1 unspecified atom stereocenters. The van der Waals surface area contributed by atoms with E-state index in [2.05, 4.69) is 10.6 Å². The van der Waals surface area contributed by atoms with Gasteiger partial charge in [0.05, 0.1) is 19.2 Å². The molecule has 2 aromatic rings. The fourth-order valence-corrected chi connectivity index (χ4v) is 3.02. The van der Waals surface area contributed by atoms with Crippen molar-refractivity contribution in [1.29, 1.82) is 0 Å². The molecule has 0 radical (unpaired) electrons. The molecule has 2 atom stereocenters. The quantitative estimate of drug-likeness (QED) is 0.638. The number of rotatable bonds is 7. The summed E-state index contributed by atoms with van der Waals surface area (Å²) in [5, 5.41) is 14.4. The highest BCUT2D eigenvalue weighted by molar-refractivity contribution is 5.99. The standard InChI is InChI=1S/C20H23N3O5/c1-21-19(26)16-7-13(18(25)22-17-8-14(17)11-24)10-23(20(16)27)9-12-4-3-5-15(6-12)28-2/h3-7,10,14,17,24H,8-9,11H2,1-2H3,(H,21,26)(H,22,25)/t14-,17?/m0/s1. The number of methoxy groups -OCH3 is 1. The van der Waals surface area contributed by atoms with E-state index in [0.29, 0.717) is 12.2 Å². The second-order valence-electron chi connectivity index (χ2n) is 6.76. The molecule has 0 aliphatic heterocycles. The Bertz CT molecular complexity index is 953. The lowest BCUT2D eigenvalue weighted by atomic mass is 10.1. The van der Waals surface area contributed by atoms with Crippen molar-refractivity contribution >= 4 is 11.8 Å². The number of aliphatic hydroxyl groups is 1. The van der Waals surface area contributed by atoms with Crippen LogP contribution < -0.4 is 20.9 Å². The van der Waals surface area contributed by atoms with Crippen LogP contribution in [0.25, 0.3) is 0 Å². The van der Waals surface area contributed by atoms with Crippen molar-refractivity contribution in [3.05, 3.63) is 63.6 Å². The van der Waals surface area contributed by atoms with E-state index in [1.807, 2.05) is 6.07 Å². The van der Waals surface area contributed by atoms with Gasteiger partial charge in [-0.3, -0.25) is 14.4 Å². The molecule has 0 spiro atoms. The molecule has 0 saturated heterocycles. The van der Waals surface area contributed by atoms with Crippen LogP contribution in [0.3, 0.4) is 0 Å². The first-order valence-electron chi connectivity index (χ1n) is 8.98. The minimum absolute atomic E-state index is 0.0176. The number of carbonyl (C=O) groups is 2. The molecule has 8 nitrogen and oxygen atoms in total. The highest BCUT2D eigenvalue weighted by Crippen LogP contribution is 2.29. The van der Waals surface area contributed by atoms with E-state index in [9.17, 15) is 14.4 Å². The van der Waals surface area contributed by atoms with E-state index in [1.165, 1.54) is 23.9 Å². The summed E-state index contributed by atoms with van der Waals surface area (Å²) >= 11 is 0. The Balaban J connectivity index is 1.94. The minimum atomic E-state index is -0.557. The maximum Gasteiger partial charge on any atom is 0.263 e. The summed E-state index contributed by atoms with van der Waals surface area (Å²) in [6, 6.07) is 8.43. The zero-order valence-corrected chi connectivity index (χ0v) is 15.8. The Labute approximate surface area is 162 Å². The number of ether oxygens (including phenoxy) is 1. The molecule has 0 bridgehead atoms. The second kappa shape index (κ2) is 8.26. The summed E-state index contributed by atoms with van der Waals surface area (Å²) in [6.45, 7) is 0.202. The summed E-state index contributed by atoms with van der Waals surface area (Å²) < 4.78 is 6.54. The van der Waals surface area contributed by atoms with E-state index < -0.39 is 11.5 Å². The molecule has 1 aliphatic carbocycles. The van der Waals surface area contributed by atoms with Crippen LogP contribution >= 0.6 is 0 Å². The maximum absolute atomic E-state index is 12.7. The van der Waals surface area contributed by atoms with Gasteiger partial charge in [0.25, 0.3) is 17.4 Å². The fourth-order valence-electron chi connectivity index (χ4n) is 3.02. The Morgan fingerprint density at radius 1 is 1.29 bits per heavy atom. The Morgan fingerprint density at radius 3 is 2.71 bits per heavy atom. The predicted molar refractivity (Wildman–Crippen MR) is 103 cm³/mol. The average Bonchev–Trinajstić information content (AvgIpc) is 3.47. The third-order valence-corrected chi connectivity index (χ3v) is 4.78. The number of amides is 2. The van der Waals surface area contributed by atoms with Crippen LogP contribution in [0.4, 0.5) is 0 Å². The largest absolute Gasteiger partial charge is 0.497 e. The first-order valence-corrected chi connectivity index (χ1v) is 8.98. The van der Waals surface area contributed by atoms with Gasteiger partial charge in [0.15, 0.2) is 0 Å². The lowest BCUT2D eigenvalue weighted by molar-refractivity contribution is 0.0946. The summed E-state index contributed by atoms with van der Waals surface area (Å²) in [5.41, 5.74) is 0.417. The molecule has 8 heteroatoms. The molecule has 148 valence electrons. The normalized spacial score (nSPS) is 17.7. The predicted octanol–water partition coefficient (Wildman–Crippen LogP) is 0.375. The molecule has 28 heavy (non-hydrogen) atoms. The lowest BCUT2D eigenvalue weighted by Crippen LogP contribution is -2.34. The number of aromatic nitrogens is 1. The molecule has 2 amide bonds. The van der Waals surface area contributed by atoms with Gasteiger partial charge >= 0.3 is 0 Å². The van der Waals surface area contributed by atoms with Crippen LogP contribution in [0.1, 0.15) is 32.7 Å². The van der Waals surface area contributed by atoms with Crippen molar-refractivity contribution < 1.29 is 19.4 Å². The molecule has 1 heterocycles. The van der Waals surface area contributed by atoms with E-state index in [-0.39, 0.29) is 42.1 Å². The average molecular weight is 385 g/mol. The van der Waals surface area contributed by atoms with Gasteiger partial charge in [0, 0.05) is 31.8 Å². The topological polar surface area (TPSA) is 110 Å². The highest BCUT2D eigenvalue weighted by atomic mass is 16.5. The number of hydrogen-bond acceptors (Lipinski definition) is 5. The zero-order chi connectivity index (χ0) is 20.3. The third kappa shape index (κ3) is 4.23. The summed E-state index contributed by atoms with van der Waals surface area (Å²) in [6.07, 6.45) is 2.16. The van der Waals surface area contributed by atoms with Gasteiger partial charge < -0.3 is 25.0 Å². The number of hydrogen-bond donors (Lipinski definition) is 3. The van der Waals surface area contributed by atoms with Gasteiger partial charge in [-0.25, -0.2) is 0 Å². The van der Waals surface area contributed by atoms with Crippen molar-refractivity contribution in [1.82, 2.24) is 15.2 Å². The van der Waals surface area contributed by atoms with Gasteiger partial charge in [-0.2, -0.15) is 0 Å². The maximum atomic E-state index is 12.7. The fraction of sp³-hybridized carbons (Fsp3) is 0.350. The van der Waals surface area contributed by atoms with Gasteiger partial charge in [0.2, 0.25) is 0 Å². The highest BCUT2D eigenvalue weighted by Gasteiger charge is 2.37. The number of carbonyl (C=O) groups excluding carboxylic acids is 2. The second-order valence-corrected chi connectivity index (χ2v) is 6.76. The van der Waals surface area contributed by atoms with Crippen LogP contribution in [0.5, 0.6) is 5.75 Å². The minimum Gasteiger partial charge on any atom is -0.497 e. The van der Waals surface area contributed by atoms with E-state index in [4.69, 9.17) is 9.84 Å². The van der Waals surface area contributed by atoms with E-state index in [1.54, 1.807) is 25.3 Å².